The average molecular weight is 329 g/mol. The van der Waals surface area contributed by atoms with Crippen LogP contribution in [-0.4, -0.2) is 22.5 Å². The van der Waals surface area contributed by atoms with Gasteiger partial charge in [0.15, 0.2) is 0 Å². The summed E-state index contributed by atoms with van der Waals surface area (Å²) in [7, 11) is 0. The van der Waals surface area contributed by atoms with Gasteiger partial charge in [-0.1, -0.05) is 38.3 Å². The van der Waals surface area contributed by atoms with Crippen molar-refractivity contribution in [3.05, 3.63) is 36.0 Å². The minimum absolute atomic E-state index is 0.0111. The molecule has 0 unspecified atom stereocenters. The Balaban J connectivity index is 2.13. The number of nitrogens with zero attached hydrogens (tertiary/aromatic N) is 2. The number of hydrogen-bond donors (Lipinski definition) is 3. The van der Waals surface area contributed by atoms with Crippen LogP contribution in [0, 0.1) is 0 Å². The first-order valence-electron chi connectivity index (χ1n) is 8.02. The number of rotatable bonds is 8. The third-order valence-electron chi connectivity index (χ3n) is 3.50. The largest absolute Gasteiger partial charge is 0.494 e. The quantitative estimate of drug-likeness (QED) is 0.296. The molecule has 7 heteroatoms. The van der Waals surface area contributed by atoms with Crippen LogP contribution < -0.4 is 21.7 Å². The lowest BCUT2D eigenvalue weighted by Crippen LogP contribution is -2.31. The first-order chi connectivity index (χ1) is 11.6. The van der Waals surface area contributed by atoms with Crippen molar-refractivity contribution in [3.8, 4) is 17.0 Å². The smallest absolute Gasteiger partial charge is 0.283 e. The van der Waals surface area contributed by atoms with E-state index in [0.29, 0.717) is 12.3 Å². The van der Waals surface area contributed by atoms with Gasteiger partial charge in [0.05, 0.1) is 12.3 Å². The number of amides is 1. The molecule has 0 fully saturated rings. The summed E-state index contributed by atoms with van der Waals surface area (Å²) >= 11 is 0. The minimum Gasteiger partial charge on any atom is -0.494 e. The average Bonchev–Trinajstić information content (AvgIpc) is 2.60. The molecule has 0 bridgehead atoms. The summed E-state index contributed by atoms with van der Waals surface area (Å²) < 4.78 is 5.77. The van der Waals surface area contributed by atoms with Gasteiger partial charge >= 0.3 is 0 Å². The lowest BCUT2D eigenvalue weighted by atomic mass is 10.1. The van der Waals surface area contributed by atoms with E-state index in [9.17, 15) is 4.79 Å². The molecule has 0 saturated heterocycles. The molecule has 2 aromatic rings. The standard InChI is InChI=1S/C17H23N5O2/c1-2-3-4-5-9-24-13-8-6-7-12(10-13)14-11-15(16(23)22-19)21-17(18)20-14/h6-8,10-11H,2-5,9,19H2,1H3,(H,22,23)(H2,18,20,21). The van der Waals surface area contributed by atoms with Crippen LogP contribution in [0.5, 0.6) is 5.75 Å². The number of carbonyl (C=O) groups is 1. The third-order valence-corrected chi connectivity index (χ3v) is 3.50. The number of nitrogens with one attached hydrogen (secondary N) is 1. The Labute approximate surface area is 141 Å². The van der Waals surface area contributed by atoms with Crippen molar-refractivity contribution in [1.29, 1.82) is 0 Å². The SMILES string of the molecule is CCCCCCOc1cccc(-c2cc(C(=O)NN)nc(N)n2)c1. The fourth-order valence-electron chi connectivity index (χ4n) is 2.27. The first kappa shape index (κ1) is 17.7. The Hall–Kier alpha value is -2.67. The molecule has 0 radical (unpaired) electrons. The van der Waals surface area contributed by atoms with Gasteiger partial charge in [-0.05, 0) is 24.6 Å². The second kappa shape index (κ2) is 8.83. The molecule has 0 atom stereocenters. The predicted molar refractivity (Wildman–Crippen MR) is 93.2 cm³/mol. The molecule has 0 saturated carbocycles. The van der Waals surface area contributed by atoms with Crippen LogP contribution in [0.1, 0.15) is 43.1 Å². The molecule has 1 aromatic carbocycles. The molecule has 0 aliphatic carbocycles. The summed E-state index contributed by atoms with van der Waals surface area (Å²) in [5.41, 5.74) is 9.16. The van der Waals surface area contributed by atoms with Crippen LogP contribution in [0.3, 0.4) is 0 Å². The Morgan fingerprint density at radius 3 is 2.79 bits per heavy atom. The summed E-state index contributed by atoms with van der Waals surface area (Å²) in [5.74, 6) is 5.38. The van der Waals surface area contributed by atoms with Crippen molar-refractivity contribution in [2.24, 2.45) is 5.84 Å². The van der Waals surface area contributed by atoms with Crippen molar-refractivity contribution in [2.45, 2.75) is 32.6 Å². The number of carbonyl (C=O) groups excluding carboxylic acids is 1. The molecule has 1 aromatic heterocycles. The summed E-state index contributed by atoms with van der Waals surface area (Å²) in [6.07, 6.45) is 4.61. The fourth-order valence-corrected chi connectivity index (χ4v) is 2.27. The zero-order valence-electron chi connectivity index (χ0n) is 13.8. The molecule has 2 rings (SSSR count). The number of nitrogen functional groups attached to an aromatic ring is 2. The van der Waals surface area contributed by atoms with Crippen LogP contribution in [0.15, 0.2) is 30.3 Å². The molecule has 1 heterocycles. The van der Waals surface area contributed by atoms with E-state index in [-0.39, 0.29) is 11.6 Å². The maximum absolute atomic E-state index is 11.6. The van der Waals surface area contributed by atoms with Gasteiger partial charge in [0.2, 0.25) is 5.95 Å². The zero-order valence-corrected chi connectivity index (χ0v) is 13.8. The van der Waals surface area contributed by atoms with Crippen LogP contribution in [-0.2, 0) is 0 Å². The van der Waals surface area contributed by atoms with Crippen LogP contribution in [0.2, 0.25) is 0 Å². The summed E-state index contributed by atoms with van der Waals surface area (Å²) in [4.78, 5) is 19.7. The number of benzene rings is 1. The lowest BCUT2D eigenvalue weighted by molar-refractivity contribution is 0.0948. The monoisotopic (exact) mass is 329 g/mol. The highest BCUT2D eigenvalue weighted by molar-refractivity contribution is 5.93. The molecule has 7 nitrogen and oxygen atoms in total. The third kappa shape index (κ3) is 4.92. The van der Waals surface area contributed by atoms with Crippen LogP contribution >= 0.6 is 0 Å². The Kier molecular flexibility index (Phi) is 6.51. The predicted octanol–water partition coefficient (Wildman–Crippen LogP) is 2.29. The van der Waals surface area contributed by atoms with Gasteiger partial charge in [-0.3, -0.25) is 10.2 Å². The number of hydrogen-bond acceptors (Lipinski definition) is 6. The van der Waals surface area contributed by atoms with Gasteiger partial charge in [0, 0.05) is 5.56 Å². The number of ether oxygens (including phenoxy) is 1. The van der Waals surface area contributed by atoms with E-state index >= 15 is 0 Å². The summed E-state index contributed by atoms with van der Waals surface area (Å²) in [5, 5.41) is 0. The highest BCUT2D eigenvalue weighted by Crippen LogP contribution is 2.23. The van der Waals surface area contributed by atoms with E-state index in [0.717, 1.165) is 24.2 Å². The Bertz CT molecular complexity index is 690. The van der Waals surface area contributed by atoms with Gasteiger partial charge in [0.1, 0.15) is 11.4 Å². The van der Waals surface area contributed by atoms with Crippen molar-refractivity contribution in [3.63, 3.8) is 0 Å². The van der Waals surface area contributed by atoms with E-state index in [1.807, 2.05) is 29.7 Å². The molecule has 24 heavy (non-hydrogen) atoms. The fraction of sp³-hybridized carbons (Fsp3) is 0.353. The maximum atomic E-state index is 11.6. The normalized spacial score (nSPS) is 10.4. The topological polar surface area (TPSA) is 116 Å². The number of aromatic nitrogens is 2. The van der Waals surface area contributed by atoms with E-state index < -0.39 is 5.91 Å². The van der Waals surface area contributed by atoms with Gasteiger partial charge in [-0.2, -0.15) is 0 Å². The summed E-state index contributed by atoms with van der Waals surface area (Å²) in [6.45, 7) is 2.85. The van der Waals surface area contributed by atoms with Crippen LogP contribution in [0.4, 0.5) is 5.95 Å². The lowest BCUT2D eigenvalue weighted by Gasteiger charge is -2.09. The molecule has 0 spiro atoms. The first-order valence-corrected chi connectivity index (χ1v) is 8.02. The van der Waals surface area contributed by atoms with Crippen LogP contribution in [0.25, 0.3) is 11.3 Å². The molecule has 0 aliphatic heterocycles. The minimum atomic E-state index is -0.520. The van der Waals surface area contributed by atoms with Crippen molar-refractivity contribution < 1.29 is 9.53 Å². The highest BCUT2D eigenvalue weighted by Gasteiger charge is 2.11. The van der Waals surface area contributed by atoms with Gasteiger partial charge in [-0.25, -0.2) is 15.8 Å². The number of hydrazine groups is 1. The van der Waals surface area contributed by atoms with Gasteiger partial charge in [0.25, 0.3) is 5.91 Å². The number of nitrogens with two attached hydrogens (primary N) is 2. The van der Waals surface area contributed by atoms with Crippen molar-refractivity contribution >= 4 is 11.9 Å². The second-order valence-electron chi connectivity index (χ2n) is 5.41. The Morgan fingerprint density at radius 2 is 2.04 bits per heavy atom. The van der Waals surface area contributed by atoms with E-state index in [1.54, 1.807) is 6.07 Å². The Morgan fingerprint density at radius 1 is 1.21 bits per heavy atom. The van der Waals surface area contributed by atoms with Gasteiger partial charge < -0.3 is 10.5 Å². The summed E-state index contributed by atoms with van der Waals surface area (Å²) in [6, 6.07) is 9.04. The van der Waals surface area contributed by atoms with E-state index in [2.05, 4.69) is 16.9 Å². The molecular formula is C17H23N5O2. The zero-order chi connectivity index (χ0) is 17.4. The van der Waals surface area contributed by atoms with Crippen molar-refractivity contribution in [2.75, 3.05) is 12.3 Å². The number of anilines is 1. The highest BCUT2D eigenvalue weighted by atomic mass is 16.5. The van der Waals surface area contributed by atoms with E-state index in [1.165, 1.54) is 12.8 Å². The second-order valence-corrected chi connectivity index (χ2v) is 5.41. The number of unbranched alkanes of at least 4 members (excludes halogenated alkanes) is 3. The molecule has 128 valence electrons. The maximum Gasteiger partial charge on any atom is 0.283 e. The molecular weight excluding hydrogens is 306 g/mol. The molecule has 1 amide bonds. The van der Waals surface area contributed by atoms with Gasteiger partial charge in [-0.15, -0.1) is 0 Å². The van der Waals surface area contributed by atoms with E-state index in [4.69, 9.17) is 16.3 Å². The van der Waals surface area contributed by atoms with Crippen molar-refractivity contribution in [1.82, 2.24) is 15.4 Å². The molecule has 0 aliphatic rings. The molecule has 5 N–H and O–H groups in total.